The van der Waals surface area contributed by atoms with Crippen LogP contribution < -0.4 is 0 Å². The first kappa shape index (κ1) is 17.5. The van der Waals surface area contributed by atoms with E-state index in [1.54, 1.807) is 6.33 Å². The summed E-state index contributed by atoms with van der Waals surface area (Å²) < 4.78 is 2.77. The minimum atomic E-state index is 0.257. The van der Waals surface area contributed by atoms with Crippen LogP contribution in [0.15, 0.2) is 42.7 Å². The molecule has 132 valence electrons. The Kier molecular flexibility index (Phi) is 4.25. The molecule has 0 atom stereocenters. The van der Waals surface area contributed by atoms with Gasteiger partial charge in [0, 0.05) is 0 Å². The molecule has 4 aromatic rings. The fourth-order valence-corrected chi connectivity index (χ4v) is 6.24. The summed E-state index contributed by atoms with van der Waals surface area (Å²) in [5, 5.41) is 1.30. The first-order valence-corrected chi connectivity index (χ1v) is 10.8. The summed E-state index contributed by atoms with van der Waals surface area (Å²) in [6, 6.07) is 13.6. The number of rotatable bonds is 2. The van der Waals surface area contributed by atoms with Crippen molar-refractivity contribution in [2.75, 3.05) is 0 Å². The second kappa shape index (κ2) is 6.33. The van der Waals surface area contributed by atoms with Gasteiger partial charge in [0.1, 0.15) is 0 Å². The van der Waals surface area contributed by atoms with Crippen molar-refractivity contribution >= 4 is 33.9 Å². The molecule has 0 aliphatic rings. The number of hydrogen-bond donors (Lipinski definition) is 0. The van der Waals surface area contributed by atoms with Gasteiger partial charge in [0.05, 0.1) is 0 Å². The predicted octanol–water partition coefficient (Wildman–Crippen LogP) is 5.71. The zero-order chi connectivity index (χ0) is 18.5. The third-order valence-corrected chi connectivity index (χ3v) is 6.96. The zero-order valence-electron chi connectivity index (χ0n) is 16.1. The SMILES string of the molecule is Cc1cc(C)cc(-c2ncnc3c2[se]c2cc(CC(C)(C)C)ccc23)c1. The summed E-state index contributed by atoms with van der Waals surface area (Å²) in [6.07, 6.45) is 2.82. The Bertz CT molecular complexity index is 1100. The van der Waals surface area contributed by atoms with E-state index in [0.717, 1.165) is 17.6 Å². The zero-order valence-corrected chi connectivity index (χ0v) is 17.8. The molecule has 0 spiro atoms. The van der Waals surface area contributed by atoms with E-state index < -0.39 is 0 Å². The van der Waals surface area contributed by atoms with E-state index in [1.165, 1.54) is 36.2 Å². The summed E-state index contributed by atoms with van der Waals surface area (Å²) in [6.45, 7) is 11.2. The molecule has 3 heteroatoms. The molecule has 0 amide bonds. The molecule has 0 fully saturated rings. The molecule has 2 aromatic carbocycles. The van der Waals surface area contributed by atoms with E-state index in [9.17, 15) is 0 Å². The van der Waals surface area contributed by atoms with Crippen molar-refractivity contribution in [3.8, 4) is 11.3 Å². The average molecular weight is 407 g/mol. The second-order valence-corrected chi connectivity index (χ2v) is 10.7. The van der Waals surface area contributed by atoms with E-state index in [1.807, 2.05) is 0 Å². The summed E-state index contributed by atoms with van der Waals surface area (Å²) in [5.74, 6) is 0. The Labute approximate surface area is 161 Å². The summed E-state index contributed by atoms with van der Waals surface area (Å²) in [4.78, 5) is 9.31. The molecule has 0 N–H and O–H groups in total. The Hall–Kier alpha value is -1.96. The maximum absolute atomic E-state index is 4.67. The van der Waals surface area contributed by atoms with Gasteiger partial charge in [0.25, 0.3) is 0 Å². The van der Waals surface area contributed by atoms with Gasteiger partial charge in [0.15, 0.2) is 0 Å². The Morgan fingerprint density at radius 1 is 0.923 bits per heavy atom. The molecule has 0 saturated carbocycles. The van der Waals surface area contributed by atoms with E-state index in [4.69, 9.17) is 0 Å². The van der Waals surface area contributed by atoms with Gasteiger partial charge in [-0.3, -0.25) is 0 Å². The normalized spacial score (nSPS) is 12.2. The van der Waals surface area contributed by atoms with E-state index >= 15 is 0 Å². The molecule has 26 heavy (non-hydrogen) atoms. The monoisotopic (exact) mass is 408 g/mol. The van der Waals surface area contributed by atoms with Gasteiger partial charge < -0.3 is 0 Å². The number of hydrogen-bond acceptors (Lipinski definition) is 2. The van der Waals surface area contributed by atoms with Gasteiger partial charge in [-0.05, 0) is 0 Å². The molecule has 2 aromatic heterocycles. The van der Waals surface area contributed by atoms with Gasteiger partial charge in [-0.15, -0.1) is 0 Å². The first-order valence-electron chi connectivity index (χ1n) is 9.05. The minimum absolute atomic E-state index is 0.257. The molecule has 0 aliphatic carbocycles. The molecule has 2 heterocycles. The summed E-state index contributed by atoms with van der Waals surface area (Å²) in [7, 11) is 0. The Morgan fingerprint density at radius 3 is 2.35 bits per heavy atom. The molecule has 0 bridgehead atoms. The molecule has 2 nitrogen and oxygen atoms in total. The van der Waals surface area contributed by atoms with Crippen molar-refractivity contribution in [3.63, 3.8) is 0 Å². The van der Waals surface area contributed by atoms with E-state index in [2.05, 4.69) is 81.0 Å². The van der Waals surface area contributed by atoms with Crippen molar-refractivity contribution in [2.24, 2.45) is 5.41 Å². The number of fused-ring (bicyclic) bond motifs is 3. The molecular formula is C23H24N2Se. The fraction of sp³-hybridized carbons (Fsp3) is 0.304. The van der Waals surface area contributed by atoms with Gasteiger partial charge >= 0.3 is 161 Å². The van der Waals surface area contributed by atoms with Crippen LogP contribution in [-0.2, 0) is 6.42 Å². The van der Waals surface area contributed by atoms with E-state index in [-0.39, 0.29) is 14.5 Å². The van der Waals surface area contributed by atoms with Crippen molar-refractivity contribution in [1.82, 2.24) is 9.97 Å². The third kappa shape index (κ3) is 3.34. The predicted molar refractivity (Wildman–Crippen MR) is 112 cm³/mol. The van der Waals surface area contributed by atoms with E-state index in [0.29, 0.717) is 5.41 Å². The van der Waals surface area contributed by atoms with Crippen LogP contribution in [0.25, 0.3) is 30.7 Å². The molecular weight excluding hydrogens is 383 g/mol. The van der Waals surface area contributed by atoms with Crippen molar-refractivity contribution in [2.45, 2.75) is 41.0 Å². The van der Waals surface area contributed by atoms with Crippen molar-refractivity contribution in [3.05, 3.63) is 59.4 Å². The topological polar surface area (TPSA) is 25.8 Å². The molecule has 4 rings (SSSR count). The quantitative estimate of drug-likeness (QED) is 0.398. The van der Waals surface area contributed by atoms with Gasteiger partial charge in [-0.2, -0.15) is 0 Å². The van der Waals surface area contributed by atoms with Crippen LogP contribution in [0.2, 0.25) is 0 Å². The number of nitrogens with zero attached hydrogens (tertiary/aromatic N) is 2. The Balaban J connectivity index is 1.92. The van der Waals surface area contributed by atoms with Gasteiger partial charge in [0.2, 0.25) is 0 Å². The summed E-state index contributed by atoms with van der Waals surface area (Å²) in [5.41, 5.74) is 7.74. The number of aromatic nitrogens is 2. The molecule has 0 aliphatic heterocycles. The Morgan fingerprint density at radius 2 is 1.65 bits per heavy atom. The average Bonchev–Trinajstić information content (AvgIpc) is 2.89. The maximum atomic E-state index is 4.67. The van der Waals surface area contributed by atoms with Crippen LogP contribution >= 0.6 is 0 Å². The fourth-order valence-electron chi connectivity index (χ4n) is 3.66. The molecule has 0 saturated heterocycles. The van der Waals surface area contributed by atoms with Crippen LogP contribution in [0.3, 0.4) is 0 Å². The molecule has 0 unspecified atom stereocenters. The van der Waals surface area contributed by atoms with Crippen LogP contribution in [0, 0.1) is 19.3 Å². The third-order valence-electron chi connectivity index (χ3n) is 4.55. The number of aryl methyl sites for hydroxylation is 2. The molecule has 0 radical (unpaired) electrons. The van der Waals surface area contributed by atoms with Crippen molar-refractivity contribution < 1.29 is 0 Å². The van der Waals surface area contributed by atoms with Crippen LogP contribution in [0.1, 0.15) is 37.5 Å². The van der Waals surface area contributed by atoms with Crippen LogP contribution in [-0.4, -0.2) is 24.5 Å². The van der Waals surface area contributed by atoms with Gasteiger partial charge in [-0.25, -0.2) is 0 Å². The summed E-state index contributed by atoms with van der Waals surface area (Å²) >= 11 is 0.257. The first-order chi connectivity index (χ1) is 12.3. The van der Waals surface area contributed by atoms with Crippen LogP contribution in [0.4, 0.5) is 0 Å². The number of benzene rings is 2. The van der Waals surface area contributed by atoms with Crippen LogP contribution in [0.5, 0.6) is 0 Å². The van der Waals surface area contributed by atoms with Crippen molar-refractivity contribution in [1.29, 1.82) is 0 Å². The standard InChI is InChI=1S/C23H24N2Se/c1-14-8-15(2)10-17(9-14)20-22-21(25-13-24-20)18-7-6-16(11-19(18)26-22)12-23(3,4)5/h6-11,13H,12H2,1-5H3. The second-order valence-electron chi connectivity index (χ2n) is 8.45. The van der Waals surface area contributed by atoms with Gasteiger partial charge in [-0.1, -0.05) is 0 Å².